The van der Waals surface area contributed by atoms with Gasteiger partial charge < -0.3 is 9.73 Å². The quantitative estimate of drug-likeness (QED) is 0.233. The molecule has 2 aromatic carbocycles. The van der Waals surface area contributed by atoms with Crippen LogP contribution in [-0.2, 0) is 4.79 Å². The highest BCUT2D eigenvalue weighted by Crippen LogP contribution is 2.32. The zero-order chi connectivity index (χ0) is 30.1. The molecule has 8 nitrogen and oxygen atoms in total. The number of nitrogens with one attached hydrogen (secondary N) is 1. The second-order valence-electron chi connectivity index (χ2n) is 10.5. The summed E-state index contributed by atoms with van der Waals surface area (Å²) < 4.78 is 8.07. The Hall–Kier alpha value is -4.54. The van der Waals surface area contributed by atoms with E-state index in [1.54, 1.807) is 16.8 Å². The Morgan fingerprint density at radius 2 is 1.81 bits per heavy atom. The number of benzene rings is 2. The van der Waals surface area contributed by atoms with Gasteiger partial charge in [-0.25, -0.2) is 15.0 Å². The number of allylic oxidation sites excluding steroid dienone is 1. The van der Waals surface area contributed by atoms with Crippen LogP contribution < -0.4 is 20.2 Å². The summed E-state index contributed by atoms with van der Waals surface area (Å²) in [5.41, 5.74) is 4.29. The summed E-state index contributed by atoms with van der Waals surface area (Å²) in [7, 11) is 0. The van der Waals surface area contributed by atoms with Crippen molar-refractivity contribution in [3.8, 4) is 0 Å². The van der Waals surface area contributed by atoms with Crippen LogP contribution in [0.2, 0.25) is 0 Å². The molecule has 1 atom stereocenters. The number of fused-ring (bicyclic) bond motifs is 1. The third-order valence-electron chi connectivity index (χ3n) is 7.06. The number of thiazole rings is 1. The summed E-state index contributed by atoms with van der Waals surface area (Å²) in [5, 5.41) is 4.19. The van der Waals surface area contributed by atoms with Gasteiger partial charge >= 0.3 is 0 Å². The zero-order valence-corrected chi connectivity index (χ0v) is 25.7. The van der Waals surface area contributed by atoms with Gasteiger partial charge in [0.25, 0.3) is 11.5 Å². The first-order valence-electron chi connectivity index (χ1n) is 13.8. The molecule has 4 heterocycles. The van der Waals surface area contributed by atoms with E-state index < -0.39 is 6.04 Å². The minimum absolute atomic E-state index is 0.244. The molecule has 1 N–H and O–H groups in total. The lowest BCUT2D eigenvalue weighted by atomic mass is 9.93. The maximum atomic E-state index is 14.0. The summed E-state index contributed by atoms with van der Waals surface area (Å²) in [6, 6.07) is 22.2. The molecule has 10 heteroatoms. The van der Waals surface area contributed by atoms with Crippen molar-refractivity contribution in [2.75, 3.05) is 5.32 Å². The number of para-hydroxylation sites is 1. The van der Waals surface area contributed by atoms with Crippen molar-refractivity contribution < 1.29 is 9.21 Å². The Balaban J connectivity index is 1.41. The predicted octanol–water partition coefficient (Wildman–Crippen LogP) is 5.84. The molecule has 0 bridgehead atoms. The standard InChI is InChI=1S/C33H29N5O3S2/c1-19(2)22-10-12-23(13-11-22)29-28(30(39)37-24-8-6-5-7-9-24)21(4)36-33-38(29)31(40)26(42-33)18-25-14-15-27(41-25)43-32-34-17-16-20(3)35-32/h5-19,29H,1-4H3,(H,37,39)/b26-18+/t29-/m1/s1. The molecule has 0 radical (unpaired) electrons. The second kappa shape index (κ2) is 12.0. The average molecular weight is 608 g/mol. The number of aryl methyl sites for hydroxylation is 1. The van der Waals surface area contributed by atoms with E-state index in [-0.39, 0.29) is 11.5 Å². The van der Waals surface area contributed by atoms with Gasteiger partial charge in [-0.3, -0.25) is 14.2 Å². The number of carbonyl (C=O) groups is 1. The van der Waals surface area contributed by atoms with Crippen LogP contribution in [0.5, 0.6) is 0 Å². The molecule has 0 aliphatic carbocycles. The van der Waals surface area contributed by atoms with Gasteiger partial charge in [0.15, 0.2) is 15.1 Å². The Morgan fingerprint density at radius 1 is 1.05 bits per heavy atom. The fourth-order valence-electron chi connectivity index (χ4n) is 4.87. The van der Waals surface area contributed by atoms with Gasteiger partial charge in [0.05, 0.1) is 21.8 Å². The van der Waals surface area contributed by atoms with E-state index in [1.807, 2.05) is 74.5 Å². The van der Waals surface area contributed by atoms with Crippen molar-refractivity contribution >= 4 is 40.8 Å². The van der Waals surface area contributed by atoms with Crippen molar-refractivity contribution in [1.82, 2.24) is 14.5 Å². The first-order chi connectivity index (χ1) is 20.8. The van der Waals surface area contributed by atoms with E-state index in [0.29, 0.717) is 48.2 Å². The maximum Gasteiger partial charge on any atom is 0.271 e. The van der Waals surface area contributed by atoms with E-state index in [0.717, 1.165) is 11.3 Å². The summed E-state index contributed by atoms with van der Waals surface area (Å²) in [5.74, 6) is 0.574. The Bertz CT molecular complexity index is 2020. The predicted molar refractivity (Wildman–Crippen MR) is 169 cm³/mol. The van der Waals surface area contributed by atoms with E-state index in [4.69, 9.17) is 9.41 Å². The van der Waals surface area contributed by atoms with E-state index in [1.165, 1.54) is 28.7 Å². The molecule has 1 amide bonds. The zero-order valence-electron chi connectivity index (χ0n) is 24.1. The summed E-state index contributed by atoms with van der Waals surface area (Å²) in [4.78, 5) is 41.7. The molecule has 0 spiro atoms. The molecule has 43 heavy (non-hydrogen) atoms. The second-order valence-corrected chi connectivity index (χ2v) is 12.4. The van der Waals surface area contributed by atoms with Gasteiger partial charge in [0.1, 0.15) is 5.76 Å². The number of aromatic nitrogens is 3. The Kier molecular flexibility index (Phi) is 7.96. The lowest BCUT2D eigenvalue weighted by Gasteiger charge is -2.25. The smallest absolute Gasteiger partial charge is 0.271 e. The van der Waals surface area contributed by atoms with Crippen LogP contribution in [0.3, 0.4) is 0 Å². The minimum atomic E-state index is -0.649. The first kappa shape index (κ1) is 28.6. The number of hydrogen-bond donors (Lipinski definition) is 1. The third-order valence-corrected chi connectivity index (χ3v) is 8.84. The largest absolute Gasteiger partial charge is 0.450 e. The van der Waals surface area contributed by atoms with Crippen molar-refractivity contribution in [3.05, 3.63) is 133 Å². The van der Waals surface area contributed by atoms with Crippen LogP contribution in [0.15, 0.2) is 115 Å². The molecule has 0 unspecified atom stereocenters. The van der Waals surface area contributed by atoms with Gasteiger partial charge in [-0.15, -0.1) is 0 Å². The number of anilines is 1. The number of nitrogens with zero attached hydrogens (tertiary/aromatic N) is 4. The van der Waals surface area contributed by atoms with Gasteiger partial charge in [-0.1, -0.05) is 67.6 Å². The summed E-state index contributed by atoms with van der Waals surface area (Å²) in [6.07, 6.45) is 3.42. The van der Waals surface area contributed by atoms with Crippen molar-refractivity contribution in [2.24, 2.45) is 4.99 Å². The van der Waals surface area contributed by atoms with Gasteiger partial charge in [-0.05, 0) is 73.0 Å². The molecule has 1 aliphatic rings. The number of rotatable bonds is 7. The fraction of sp³-hybridized carbons (Fsp3) is 0.182. The molecule has 0 saturated heterocycles. The molecule has 0 saturated carbocycles. The van der Waals surface area contributed by atoms with Gasteiger partial charge in [0, 0.05) is 23.7 Å². The molecule has 216 valence electrons. The van der Waals surface area contributed by atoms with E-state index >= 15 is 0 Å². The van der Waals surface area contributed by atoms with Crippen LogP contribution >= 0.6 is 23.1 Å². The fourth-order valence-corrected chi connectivity index (χ4v) is 6.66. The first-order valence-corrected chi connectivity index (χ1v) is 15.5. The van der Waals surface area contributed by atoms with Crippen LogP contribution in [0.1, 0.15) is 55.3 Å². The normalized spacial score (nSPS) is 15.0. The number of hydrogen-bond acceptors (Lipinski definition) is 8. The van der Waals surface area contributed by atoms with Gasteiger partial charge in [-0.2, -0.15) is 0 Å². The van der Waals surface area contributed by atoms with Crippen LogP contribution in [-0.4, -0.2) is 20.4 Å². The number of carbonyl (C=O) groups excluding carboxylic acids is 1. The summed E-state index contributed by atoms with van der Waals surface area (Å²) >= 11 is 2.58. The SMILES string of the molecule is CC1=C(C(=O)Nc2ccccc2)[C@@H](c2ccc(C(C)C)cc2)n2c(s/c(=C/c3ccc(Sc4nccc(C)n4)o3)c2=O)=N1. The van der Waals surface area contributed by atoms with Crippen LogP contribution in [0, 0.1) is 6.92 Å². The molecule has 3 aromatic heterocycles. The summed E-state index contributed by atoms with van der Waals surface area (Å²) in [6.45, 7) is 7.99. The molecular weight excluding hydrogens is 579 g/mol. The van der Waals surface area contributed by atoms with E-state index in [2.05, 4.69) is 41.3 Å². The van der Waals surface area contributed by atoms with Crippen molar-refractivity contribution in [1.29, 1.82) is 0 Å². The van der Waals surface area contributed by atoms with Crippen LogP contribution in [0.25, 0.3) is 6.08 Å². The highest BCUT2D eigenvalue weighted by molar-refractivity contribution is 7.99. The monoisotopic (exact) mass is 607 g/mol. The van der Waals surface area contributed by atoms with Crippen molar-refractivity contribution in [2.45, 2.75) is 49.9 Å². The molecule has 5 aromatic rings. The molecule has 1 aliphatic heterocycles. The molecule has 6 rings (SSSR count). The third kappa shape index (κ3) is 6.02. The molecule has 0 fully saturated rings. The van der Waals surface area contributed by atoms with Crippen molar-refractivity contribution in [3.63, 3.8) is 0 Å². The Labute approximate surface area is 256 Å². The minimum Gasteiger partial charge on any atom is -0.450 e. The van der Waals surface area contributed by atoms with Gasteiger partial charge in [0.2, 0.25) is 0 Å². The van der Waals surface area contributed by atoms with E-state index in [9.17, 15) is 9.59 Å². The lowest BCUT2D eigenvalue weighted by Crippen LogP contribution is -2.40. The highest BCUT2D eigenvalue weighted by atomic mass is 32.2. The van der Waals surface area contributed by atoms with Crippen LogP contribution in [0.4, 0.5) is 5.69 Å². The maximum absolute atomic E-state index is 14.0. The average Bonchev–Trinajstić information content (AvgIpc) is 3.55. The molecular formula is C33H29N5O3S2. The highest BCUT2D eigenvalue weighted by Gasteiger charge is 2.32. The number of furan rings is 1. The lowest BCUT2D eigenvalue weighted by molar-refractivity contribution is -0.113. The number of amides is 1. The topological polar surface area (TPSA) is 102 Å². The Morgan fingerprint density at radius 3 is 2.53 bits per heavy atom.